The zero-order valence-electron chi connectivity index (χ0n) is 11.7. The highest BCUT2D eigenvalue weighted by Gasteiger charge is 2.30. The van der Waals surface area contributed by atoms with Gasteiger partial charge in [-0.05, 0) is 18.9 Å². The lowest BCUT2D eigenvalue weighted by atomic mass is 10.2. The number of carbonyl (C=O) groups is 1. The number of rotatable bonds is 4. The van der Waals surface area contributed by atoms with Gasteiger partial charge in [-0.25, -0.2) is 18.4 Å². The molecule has 3 rings (SSSR count). The lowest BCUT2D eigenvalue weighted by Crippen LogP contribution is -2.24. The average molecular weight is 309 g/mol. The minimum absolute atomic E-state index is 0.0578. The molecule has 1 aromatic heterocycles. The summed E-state index contributed by atoms with van der Waals surface area (Å²) < 4.78 is 30.1. The number of aromatic nitrogens is 3. The van der Waals surface area contributed by atoms with Gasteiger partial charge in [-0.1, -0.05) is 6.92 Å². The first-order valence-corrected chi connectivity index (χ1v) is 6.87. The monoisotopic (exact) mass is 309 g/mol. The molecule has 1 aromatic carbocycles. The van der Waals surface area contributed by atoms with E-state index in [1.807, 2.05) is 6.92 Å². The quantitative estimate of drug-likeness (QED) is 0.936. The molecule has 6 nitrogen and oxygen atoms in total. The first kappa shape index (κ1) is 14.4. The van der Waals surface area contributed by atoms with Crippen molar-refractivity contribution in [3.05, 3.63) is 45.6 Å². The summed E-state index contributed by atoms with van der Waals surface area (Å²) in [7, 11) is 0. The van der Waals surface area contributed by atoms with Gasteiger partial charge in [0.1, 0.15) is 23.1 Å². The molecule has 8 heteroatoms. The van der Waals surface area contributed by atoms with Crippen LogP contribution in [0.15, 0.2) is 16.9 Å². The Balaban J connectivity index is 2.18. The van der Waals surface area contributed by atoms with E-state index in [1.165, 1.54) is 4.57 Å². The second-order valence-corrected chi connectivity index (χ2v) is 5.15. The van der Waals surface area contributed by atoms with E-state index in [9.17, 15) is 18.4 Å². The smallest absolute Gasteiger partial charge is 0.351 e. The van der Waals surface area contributed by atoms with E-state index < -0.39 is 28.9 Å². The van der Waals surface area contributed by atoms with Crippen molar-refractivity contribution in [1.82, 2.24) is 14.3 Å². The molecule has 2 aromatic rings. The molecule has 0 amide bonds. The number of hydrogen-bond acceptors (Lipinski definition) is 3. The van der Waals surface area contributed by atoms with Crippen molar-refractivity contribution in [3.8, 4) is 5.69 Å². The first-order valence-electron chi connectivity index (χ1n) is 6.87. The molecule has 0 spiro atoms. The maximum absolute atomic E-state index is 14.1. The van der Waals surface area contributed by atoms with Crippen molar-refractivity contribution >= 4 is 5.97 Å². The van der Waals surface area contributed by atoms with Crippen molar-refractivity contribution in [2.45, 2.75) is 32.2 Å². The van der Waals surface area contributed by atoms with Gasteiger partial charge in [-0.2, -0.15) is 4.68 Å². The average Bonchev–Trinajstić information content (AvgIpc) is 3.24. The van der Waals surface area contributed by atoms with E-state index in [-0.39, 0.29) is 11.7 Å². The summed E-state index contributed by atoms with van der Waals surface area (Å²) in [4.78, 5) is 23.2. The fourth-order valence-electron chi connectivity index (χ4n) is 2.38. The van der Waals surface area contributed by atoms with Gasteiger partial charge in [-0.15, -0.1) is 5.10 Å². The SMILES string of the molecule is CCc1nn(-c2cc(F)c(C(=O)O)cc2F)c(=O)n1C1CC1. The lowest BCUT2D eigenvalue weighted by Gasteiger charge is -2.04. The van der Waals surface area contributed by atoms with Crippen LogP contribution in [0.3, 0.4) is 0 Å². The summed E-state index contributed by atoms with van der Waals surface area (Å²) >= 11 is 0. The maximum atomic E-state index is 14.1. The summed E-state index contributed by atoms with van der Waals surface area (Å²) in [5, 5.41) is 12.8. The molecule has 0 aliphatic heterocycles. The molecule has 116 valence electrons. The number of halogens is 2. The van der Waals surface area contributed by atoms with Crippen molar-refractivity contribution in [3.63, 3.8) is 0 Å². The minimum atomic E-state index is -1.58. The summed E-state index contributed by atoms with van der Waals surface area (Å²) in [6.45, 7) is 1.81. The molecule has 0 unspecified atom stereocenters. The Labute approximate surface area is 123 Å². The van der Waals surface area contributed by atoms with Gasteiger partial charge in [0.15, 0.2) is 0 Å². The highest BCUT2D eigenvalue weighted by atomic mass is 19.1. The third-order valence-corrected chi connectivity index (χ3v) is 3.60. The predicted octanol–water partition coefficient (Wildman–Crippen LogP) is 1.91. The summed E-state index contributed by atoms with van der Waals surface area (Å²) in [5.41, 5.74) is -1.71. The van der Waals surface area contributed by atoms with Crippen LogP contribution < -0.4 is 5.69 Å². The van der Waals surface area contributed by atoms with Crippen LogP contribution in [-0.4, -0.2) is 25.4 Å². The number of nitrogens with zero attached hydrogens (tertiary/aromatic N) is 3. The Morgan fingerprint density at radius 3 is 2.59 bits per heavy atom. The Kier molecular flexibility index (Phi) is 3.31. The molecule has 1 aliphatic carbocycles. The molecule has 1 heterocycles. The van der Waals surface area contributed by atoms with E-state index in [4.69, 9.17) is 5.11 Å². The van der Waals surface area contributed by atoms with Crippen molar-refractivity contribution in [2.24, 2.45) is 0 Å². The molecule has 0 radical (unpaired) electrons. The van der Waals surface area contributed by atoms with Crippen molar-refractivity contribution < 1.29 is 18.7 Å². The molecular formula is C14H13F2N3O3. The molecular weight excluding hydrogens is 296 g/mol. The van der Waals surface area contributed by atoms with Crippen LogP contribution in [0.5, 0.6) is 0 Å². The Bertz CT molecular complexity index is 821. The van der Waals surface area contributed by atoms with E-state index in [2.05, 4.69) is 5.10 Å². The second-order valence-electron chi connectivity index (χ2n) is 5.15. The van der Waals surface area contributed by atoms with Gasteiger partial charge in [-0.3, -0.25) is 4.57 Å². The van der Waals surface area contributed by atoms with Crippen LogP contribution in [-0.2, 0) is 6.42 Å². The second kappa shape index (κ2) is 5.04. The van der Waals surface area contributed by atoms with Crippen LogP contribution in [0, 0.1) is 11.6 Å². The largest absolute Gasteiger partial charge is 0.478 e. The van der Waals surface area contributed by atoms with E-state index in [0.717, 1.165) is 17.5 Å². The summed E-state index contributed by atoms with van der Waals surface area (Å²) in [5.74, 6) is -3.21. The van der Waals surface area contributed by atoms with Gasteiger partial charge in [0.25, 0.3) is 0 Å². The Morgan fingerprint density at radius 1 is 1.36 bits per heavy atom. The number of aryl methyl sites for hydroxylation is 1. The molecule has 22 heavy (non-hydrogen) atoms. The molecule has 1 saturated carbocycles. The third-order valence-electron chi connectivity index (χ3n) is 3.60. The Morgan fingerprint density at radius 2 is 2.05 bits per heavy atom. The van der Waals surface area contributed by atoms with Crippen LogP contribution in [0.4, 0.5) is 8.78 Å². The highest BCUT2D eigenvalue weighted by molar-refractivity contribution is 5.88. The van der Waals surface area contributed by atoms with E-state index >= 15 is 0 Å². The molecule has 1 aliphatic rings. The molecule has 0 bridgehead atoms. The van der Waals surface area contributed by atoms with Gasteiger partial charge >= 0.3 is 11.7 Å². The minimum Gasteiger partial charge on any atom is -0.478 e. The first-order chi connectivity index (χ1) is 10.4. The Hall–Kier alpha value is -2.51. The molecule has 0 saturated heterocycles. The summed E-state index contributed by atoms with van der Waals surface area (Å²) in [6, 6.07) is 1.30. The van der Waals surface area contributed by atoms with Gasteiger partial charge in [0, 0.05) is 18.5 Å². The standard InChI is InChI=1S/C14H13F2N3O3/c1-2-12-17-19(14(22)18(12)7-3-4-7)11-6-9(15)8(13(20)21)5-10(11)16/h5-7H,2-4H2,1H3,(H,20,21). The number of aromatic carboxylic acids is 1. The zero-order chi connectivity index (χ0) is 16.0. The lowest BCUT2D eigenvalue weighted by molar-refractivity contribution is 0.0691. The zero-order valence-corrected chi connectivity index (χ0v) is 11.7. The number of carboxylic acid groups (broad SMARTS) is 1. The summed E-state index contributed by atoms with van der Waals surface area (Å²) in [6.07, 6.45) is 2.19. The fraction of sp³-hybridized carbons (Fsp3) is 0.357. The van der Waals surface area contributed by atoms with E-state index in [0.29, 0.717) is 24.4 Å². The van der Waals surface area contributed by atoms with Crippen LogP contribution in [0.1, 0.15) is 42.0 Å². The van der Waals surface area contributed by atoms with Crippen LogP contribution in [0.2, 0.25) is 0 Å². The normalized spacial score (nSPS) is 14.3. The maximum Gasteiger partial charge on any atom is 0.351 e. The van der Waals surface area contributed by atoms with Gasteiger partial charge < -0.3 is 5.11 Å². The van der Waals surface area contributed by atoms with Crippen molar-refractivity contribution in [1.29, 1.82) is 0 Å². The molecule has 0 atom stereocenters. The third kappa shape index (κ3) is 2.20. The number of carboxylic acids is 1. The topological polar surface area (TPSA) is 77.1 Å². The fourth-order valence-corrected chi connectivity index (χ4v) is 2.38. The number of hydrogen-bond donors (Lipinski definition) is 1. The van der Waals surface area contributed by atoms with Gasteiger partial charge in [0.05, 0.1) is 5.56 Å². The molecule has 1 fully saturated rings. The highest BCUT2D eigenvalue weighted by Crippen LogP contribution is 2.34. The van der Waals surface area contributed by atoms with Crippen molar-refractivity contribution in [2.75, 3.05) is 0 Å². The molecule has 1 N–H and O–H groups in total. The van der Waals surface area contributed by atoms with Crippen LogP contribution >= 0.6 is 0 Å². The van der Waals surface area contributed by atoms with Crippen LogP contribution in [0.25, 0.3) is 5.69 Å². The number of benzene rings is 1. The predicted molar refractivity (Wildman–Crippen MR) is 72.3 cm³/mol. The van der Waals surface area contributed by atoms with Gasteiger partial charge in [0.2, 0.25) is 0 Å². The van der Waals surface area contributed by atoms with E-state index in [1.54, 1.807) is 0 Å².